The maximum Gasteiger partial charge on any atom is 0.341 e. The molecule has 120 valence electrons. The Morgan fingerprint density at radius 2 is 1.81 bits per heavy atom. The van der Waals surface area contributed by atoms with E-state index >= 15 is 0 Å². The molecule has 0 bridgehead atoms. The van der Waals surface area contributed by atoms with Crippen molar-refractivity contribution in [2.45, 2.75) is 36.8 Å². The smallest absolute Gasteiger partial charge is 0.341 e. The Kier molecular flexibility index (Phi) is 7.04. The molecule has 0 aliphatic carbocycles. The highest BCUT2D eigenvalue weighted by atomic mass is 32.2. The summed E-state index contributed by atoms with van der Waals surface area (Å²) < 4.78 is 47.4. The molecule has 0 saturated heterocycles. The summed E-state index contributed by atoms with van der Waals surface area (Å²) in [7, 11) is -4.54. The Labute approximate surface area is 124 Å². The first-order chi connectivity index (χ1) is 9.91. The van der Waals surface area contributed by atoms with Crippen LogP contribution in [0.5, 0.6) is 0 Å². The normalized spacial score (nSPS) is 13.4. The van der Waals surface area contributed by atoms with E-state index in [4.69, 9.17) is 5.11 Å². The fourth-order valence-corrected chi connectivity index (χ4v) is 2.79. The molecule has 1 aromatic rings. The zero-order chi connectivity index (χ0) is 15.9. The number of halogens is 2. The minimum Gasteiger partial charge on any atom is -0.396 e. The molecule has 7 heteroatoms. The van der Waals surface area contributed by atoms with Gasteiger partial charge in [-0.1, -0.05) is 13.3 Å². The van der Waals surface area contributed by atoms with Crippen LogP contribution in [0.25, 0.3) is 0 Å². The number of sulfone groups is 1. The van der Waals surface area contributed by atoms with Crippen molar-refractivity contribution < 1.29 is 22.3 Å². The third-order valence-corrected chi connectivity index (χ3v) is 4.64. The summed E-state index contributed by atoms with van der Waals surface area (Å²) >= 11 is 0. The van der Waals surface area contributed by atoms with Gasteiger partial charge in [0.25, 0.3) is 0 Å². The van der Waals surface area contributed by atoms with E-state index < -0.39 is 15.6 Å². The van der Waals surface area contributed by atoms with E-state index in [-0.39, 0.29) is 11.5 Å². The van der Waals surface area contributed by atoms with Gasteiger partial charge >= 0.3 is 5.76 Å². The van der Waals surface area contributed by atoms with Gasteiger partial charge in [-0.15, -0.1) is 0 Å². The van der Waals surface area contributed by atoms with Crippen molar-refractivity contribution in [1.82, 2.24) is 0 Å². The summed E-state index contributed by atoms with van der Waals surface area (Å²) in [6, 6.07) is 5.28. The van der Waals surface area contributed by atoms with Crippen LogP contribution in [0.3, 0.4) is 0 Å². The number of nitrogens with one attached hydrogen (secondary N) is 1. The number of anilines is 1. The molecule has 2 N–H and O–H groups in total. The molecule has 0 heterocycles. The third kappa shape index (κ3) is 5.24. The lowest BCUT2D eigenvalue weighted by molar-refractivity contribution is 0.234. The second-order valence-electron chi connectivity index (χ2n) is 4.88. The average molecular weight is 321 g/mol. The Morgan fingerprint density at radius 3 is 2.29 bits per heavy atom. The maximum absolute atomic E-state index is 12.4. The van der Waals surface area contributed by atoms with E-state index in [1.165, 1.54) is 24.3 Å². The first kappa shape index (κ1) is 17.8. The molecular weight excluding hydrogens is 300 g/mol. The summed E-state index contributed by atoms with van der Waals surface area (Å²) in [4.78, 5) is -0.386. The molecule has 0 aliphatic rings. The van der Waals surface area contributed by atoms with Gasteiger partial charge in [0.15, 0.2) is 0 Å². The Balaban J connectivity index is 2.67. The summed E-state index contributed by atoms with van der Waals surface area (Å²) in [6.45, 7) is 2.83. The largest absolute Gasteiger partial charge is 0.396 e. The molecular formula is C14H21F2NO3S. The number of hydrogen-bond acceptors (Lipinski definition) is 4. The van der Waals surface area contributed by atoms with Crippen molar-refractivity contribution in [3.63, 3.8) is 0 Å². The van der Waals surface area contributed by atoms with Crippen molar-refractivity contribution in [2.75, 3.05) is 18.5 Å². The number of aliphatic hydroxyl groups is 1. The van der Waals surface area contributed by atoms with Crippen molar-refractivity contribution in [3.8, 4) is 0 Å². The Morgan fingerprint density at radius 1 is 1.19 bits per heavy atom. The van der Waals surface area contributed by atoms with Crippen molar-refractivity contribution in [1.29, 1.82) is 0 Å². The second-order valence-corrected chi connectivity index (χ2v) is 6.80. The molecule has 0 saturated carbocycles. The molecule has 1 unspecified atom stereocenters. The van der Waals surface area contributed by atoms with Crippen LogP contribution in [0.15, 0.2) is 29.2 Å². The molecule has 0 fully saturated rings. The van der Waals surface area contributed by atoms with Crippen molar-refractivity contribution >= 4 is 15.5 Å². The van der Waals surface area contributed by atoms with Crippen LogP contribution in [0.1, 0.15) is 26.2 Å². The lowest BCUT2D eigenvalue weighted by Gasteiger charge is -2.16. The molecule has 0 aliphatic heterocycles. The van der Waals surface area contributed by atoms with Gasteiger partial charge in [0.05, 0.1) is 4.90 Å². The van der Waals surface area contributed by atoms with E-state index in [1.54, 1.807) is 0 Å². The molecule has 0 spiro atoms. The van der Waals surface area contributed by atoms with Crippen LogP contribution in [-0.4, -0.2) is 32.4 Å². The highest BCUT2D eigenvalue weighted by molar-refractivity contribution is 7.91. The van der Waals surface area contributed by atoms with E-state index in [0.717, 1.165) is 12.8 Å². The predicted molar refractivity (Wildman–Crippen MR) is 78.2 cm³/mol. The molecule has 0 radical (unpaired) electrons. The van der Waals surface area contributed by atoms with Gasteiger partial charge in [0, 0.05) is 18.8 Å². The van der Waals surface area contributed by atoms with Gasteiger partial charge in [-0.2, -0.15) is 8.78 Å². The van der Waals surface area contributed by atoms with Crippen LogP contribution >= 0.6 is 0 Å². The van der Waals surface area contributed by atoms with Gasteiger partial charge in [0.1, 0.15) is 0 Å². The Hall–Kier alpha value is -1.21. The first-order valence-electron chi connectivity index (χ1n) is 6.88. The van der Waals surface area contributed by atoms with Gasteiger partial charge in [-0.3, -0.25) is 0 Å². The lowest BCUT2D eigenvalue weighted by atomic mass is 10.0. The molecule has 21 heavy (non-hydrogen) atoms. The Bertz CT molecular complexity index is 512. The maximum atomic E-state index is 12.4. The van der Waals surface area contributed by atoms with Crippen molar-refractivity contribution in [3.05, 3.63) is 24.3 Å². The molecule has 1 rings (SSSR count). The number of benzene rings is 1. The molecule has 0 amide bonds. The highest BCUT2D eigenvalue weighted by Crippen LogP contribution is 2.21. The van der Waals surface area contributed by atoms with Gasteiger partial charge in [0.2, 0.25) is 9.84 Å². The quantitative estimate of drug-likeness (QED) is 0.734. The highest BCUT2D eigenvalue weighted by Gasteiger charge is 2.26. The third-order valence-electron chi connectivity index (χ3n) is 3.25. The summed E-state index contributed by atoms with van der Waals surface area (Å²) in [6.07, 6.45) is 2.68. The zero-order valence-electron chi connectivity index (χ0n) is 11.9. The van der Waals surface area contributed by atoms with E-state index in [2.05, 4.69) is 12.2 Å². The van der Waals surface area contributed by atoms with Gasteiger partial charge in [-0.05, 0) is 43.0 Å². The average Bonchev–Trinajstić information content (AvgIpc) is 2.45. The molecule has 0 aromatic heterocycles. The first-order valence-corrected chi connectivity index (χ1v) is 8.43. The fraction of sp³-hybridized carbons (Fsp3) is 0.571. The minimum atomic E-state index is -4.54. The van der Waals surface area contributed by atoms with Crippen molar-refractivity contribution in [2.24, 2.45) is 5.92 Å². The molecule has 1 atom stereocenters. The predicted octanol–water partition coefficient (Wildman–Crippen LogP) is 2.89. The number of hydrogen-bond donors (Lipinski definition) is 2. The lowest BCUT2D eigenvalue weighted by Crippen LogP contribution is -2.16. The standard InChI is InChI=1S/C14H21F2NO3S/c1-2-3-11(8-9-18)10-17-12-4-6-13(7-5-12)21(19,20)14(15)16/h4-7,11,14,17-18H,2-3,8-10H2,1H3. The minimum absolute atomic E-state index is 0.123. The van der Waals surface area contributed by atoms with Crippen LogP contribution in [0, 0.1) is 5.92 Å². The summed E-state index contributed by atoms with van der Waals surface area (Å²) in [5, 5.41) is 12.1. The molecule has 4 nitrogen and oxygen atoms in total. The van der Waals surface area contributed by atoms with E-state index in [0.29, 0.717) is 24.6 Å². The van der Waals surface area contributed by atoms with Crippen LogP contribution in [0.4, 0.5) is 14.5 Å². The number of rotatable bonds is 9. The number of alkyl halides is 2. The number of aliphatic hydroxyl groups excluding tert-OH is 1. The monoisotopic (exact) mass is 321 g/mol. The SMILES string of the molecule is CCCC(CCO)CNc1ccc(S(=O)(=O)C(F)F)cc1. The molecule has 1 aromatic carbocycles. The van der Waals surface area contributed by atoms with Crippen LogP contribution in [0.2, 0.25) is 0 Å². The van der Waals surface area contributed by atoms with Gasteiger partial charge < -0.3 is 10.4 Å². The fourth-order valence-electron chi connectivity index (χ4n) is 2.07. The van der Waals surface area contributed by atoms with Crippen LogP contribution < -0.4 is 5.32 Å². The second kappa shape index (κ2) is 8.29. The summed E-state index contributed by atoms with van der Waals surface area (Å²) in [5.41, 5.74) is 0.669. The van der Waals surface area contributed by atoms with Gasteiger partial charge in [-0.25, -0.2) is 8.42 Å². The van der Waals surface area contributed by atoms with E-state index in [1.807, 2.05) is 0 Å². The zero-order valence-corrected chi connectivity index (χ0v) is 12.7. The van der Waals surface area contributed by atoms with Crippen LogP contribution in [-0.2, 0) is 9.84 Å². The summed E-state index contributed by atoms with van der Waals surface area (Å²) in [5.74, 6) is -3.08. The van der Waals surface area contributed by atoms with E-state index in [9.17, 15) is 17.2 Å². The topological polar surface area (TPSA) is 66.4 Å².